The maximum atomic E-state index is 14.2. The zero-order chi connectivity index (χ0) is 23.8. The molecular weight excluding hydrogens is 467 g/mol. The summed E-state index contributed by atoms with van der Waals surface area (Å²) in [5.41, 5.74) is 0.801. The molecule has 1 atom stereocenters. The van der Waals surface area contributed by atoms with Crippen molar-refractivity contribution in [2.45, 2.75) is 49.9 Å². The quantitative estimate of drug-likeness (QED) is 0.473. The van der Waals surface area contributed by atoms with Crippen molar-refractivity contribution in [2.24, 2.45) is 0 Å². The summed E-state index contributed by atoms with van der Waals surface area (Å²) >= 11 is 5.50. The lowest BCUT2D eigenvalue weighted by atomic mass is 10.2. The lowest BCUT2D eigenvalue weighted by Gasteiger charge is -2.26. The predicted molar refractivity (Wildman–Crippen MR) is 127 cm³/mol. The molecule has 2 heterocycles. The average Bonchev–Trinajstić information content (AvgIpc) is 3.43. The molecule has 182 valence electrons. The van der Waals surface area contributed by atoms with Crippen LogP contribution in [0.25, 0.3) is 0 Å². The van der Waals surface area contributed by atoms with E-state index in [0.29, 0.717) is 50.2 Å². The first kappa shape index (κ1) is 25.5. The number of hydrogen-bond acceptors (Lipinski definition) is 6. The van der Waals surface area contributed by atoms with Crippen LogP contribution in [0.2, 0.25) is 0 Å². The SMILES string of the molecule is CCNC(=S)N(CCOC)Cc1cnc(S(=O)(=O)Cc2ccccc2F)n1CC1CCCO1. The number of thiocarbonyl (C=S) groups is 1. The normalized spacial score (nSPS) is 16.2. The van der Waals surface area contributed by atoms with Crippen molar-refractivity contribution in [3.63, 3.8) is 0 Å². The molecule has 1 unspecified atom stereocenters. The molecule has 2 aromatic rings. The number of benzene rings is 1. The minimum absolute atomic E-state index is 0.0858. The first-order valence-electron chi connectivity index (χ1n) is 11.0. The van der Waals surface area contributed by atoms with Gasteiger partial charge in [-0.05, 0) is 38.0 Å². The number of sulfone groups is 1. The Morgan fingerprint density at radius 1 is 1.42 bits per heavy atom. The molecule has 1 aliphatic rings. The van der Waals surface area contributed by atoms with Crippen molar-refractivity contribution >= 4 is 27.2 Å². The van der Waals surface area contributed by atoms with Crippen LogP contribution < -0.4 is 5.32 Å². The van der Waals surface area contributed by atoms with Crippen LogP contribution in [0, 0.1) is 5.82 Å². The number of rotatable bonds is 11. The molecule has 1 fully saturated rings. The first-order valence-corrected chi connectivity index (χ1v) is 13.1. The molecule has 8 nitrogen and oxygen atoms in total. The van der Waals surface area contributed by atoms with Crippen LogP contribution in [0.5, 0.6) is 0 Å². The highest BCUT2D eigenvalue weighted by atomic mass is 32.2. The number of imidazole rings is 1. The highest BCUT2D eigenvalue weighted by Crippen LogP contribution is 2.23. The van der Waals surface area contributed by atoms with Crippen LogP contribution in [-0.4, -0.2) is 67.5 Å². The third kappa shape index (κ3) is 6.72. The molecule has 1 aliphatic heterocycles. The summed E-state index contributed by atoms with van der Waals surface area (Å²) in [6.45, 7) is 4.97. The van der Waals surface area contributed by atoms with Crippen molar-refractivity contribution in [1.82, 2.24) is 19.8 Å². The second-order valence-corrected chi connectivity index (χ2v) is 10.1. The second kappa shape index (κ2) is 11.9. The van der Waals surface area contributed by atoms with Crippen molar-refractivity contribution in [3.8, 4) is 0 Å². The lowest BCUT2D eigenvalue weighted by Crippen LogP contribution is -2.41. The molecule has 1 aromatic heterocycles. The maximum absolute atomic E-state index is 14.2. The van der Waals surface area contributed by atoms with Gasteiger partial charge in [0.05, 0.1) is 43.4 Å². The highest BCUT2D eigenvalue weighted by molar-refractivity contribution is 7.90. The molecule has 1 aromatic carbocycles. The van der Waals surface area contributed by atoms with Crippen LogP contribution in [-0.2, 0) is 38.2 Å². The summed E-state index contributed by atoms with van der Waals surface area (Å²) in [5.74, 6) is -1.02. The fourth-order valence-corrected chi connectivity index (χ4v) is 5.56. The zero-order valence-electron chi connectivity index (χ0n) is 19.0. The Kier molecular flexibility index (Phi) is 9.19. The number of hydrogen-bond donors (Lipinski definition) is 1. The third-order valence-electron chi connectivity index (χ3n) is 5.43. The Morgan fingerprint density at radius 2 is 2.21 bits per heavy atom. The summed E-state index contributed by atoms with van der Waals surface area (Å²) in [4.78, 5) is 6.19. The van der Waals surface area contributed by atoms with Crippen LogP contribution in [0.3, 0.4) is 0 Å². The Labute approximate surface area is 200 Å². The van der Waals surface area contributed by atoms with Gasteiger partial charge in [-0.25, -0.2) is 17.8 Å². The van der Waals surface area contributed by atoms with Crippen LogP contribution >= 0.6 is 12.2 Å². The summed E-state index contributed by atoms with van der Waals surface area (Å²) in [7, 11) is -2.29. The van der Waals surface area contributed by atoms with Gasteiger partial charge in [0.2, 0.25) is 15.0 Å². The molecule has 1 saturated heterocycles. The number of nitrogens with one attached hydrogen (secondary N) is 1. The summed E-state index contributed by atoms with van der Waals surface area (Å²) in [6, 6.07) is 5.88. The molecule has 33 heavy (non-hydrogen) atoms. The van der Waals surface area contributed by atoms with Gasteiger partial charge < -0.3 is 24.3 Å². The largest absolute Gasteiger partial charge is 0.383 e. The Bertz CT molecular complexity index is 1040. The smallest absolute Gasteiger partial charge is 0.228 e. The van der Waals surface area contributed by atoms with Gasteiger partial charge in [-0.2, -0.15) is 0 Å². The van der Waals surface area contributed by atoms with E-state index in [4.69, 9.17) is 21.7 Å². The molecular formula is C22H31FN4O4S2. The van der Waals surface area contributed by atoms with E-state index in [1.807, 2.05) is 11.8 Å². The van der Waals surface area contributed by atoms with Gasteiger partial charge in [-0.15, -0.1) is 0 Å². The molecule has 11 heteroatoms. The van der Waals surface area contributed by atoms with Crippen LogP contribution in [0.15, 0.2) is 35.6 Å². The van der Waals surface area contributed by atoms with E-state index in [1.165, 1.54) is 18.2 Å². The van der Waals surface area contributed by atoms with Crippen LogP contribution in [0.1, 0.15) is 31.0 Å². The topological polar surface area (TPSA) is 85.7 Å². The van der Waals surface area contributed by atoms with E-state index in [0.717, 1.165) is 12.8 Å². The van der Waals surface area contributed by atoms with E-state index in [9.17, 15) is 12.8 Å². The van der Waals surface area contributed by atoms with Crippen molar-refractivity contribution in [1.29, 1.82) is 0 Å². The monoisotopic (exact) mass is 498 g/mol. The summed E-state index contributed by atoms with van der Waals surface area (Å²) in [6.07, 6.45) is 3.22. The maximum Gasteiger partial charge on any atom is 0.228 e. The Hall–Kier alpha value is -2.08. The minimum atomic E-state index is -3.91. The second-order valence-electron chi connectivity index (χ2n) is 7.88. The van der Waals surface area contributed by atoms with Gasteiger partial charge in [0, 0.05) is 32.4 Å². The van der Waals surface area contributed by atoms with Crippen LogP contribution in [0.4, 0.5) is 4.39 Å². The Morgan fingerprint density at radius 3 is 2.88 bits per heavy atom. The minimum Gasteiger partial charge on any atom is -0.383 e. The van der Waals surface area contributed by atoms with Crippen molar-refractivity contribution in [2.75, 3.05) is 33.4 Å². The van der Waals surface area contributed by atoms with Crippen molar-refractivity contribution in [3.05, 3.63) is 47.5 Å². The fraction of sp³-hybridized carbons (Fsp3) is 0.545. The summed E-state index contributed by atoms with van der Waals surface area (Å²) < 4.78 is 53.4. The lowest BCUT2D eigenvalue weighted by molar-refractivity contribution is 0.0935. The van der Waals surface area contributed by atoms with Gasteiger partial charge in [0.1, 0.15) is 5.82 Å². The van der Waals surface area contributed by atoms with Gasteiger partial charge in [0.15, 0.2) is 5.11 Å². The van der Waals surface area contributed by atoms with Gasteiger partial charge in [0.25, 0.3) is 0 Å². The number of aromatic nitrogens is 2. The number of nitrogens with zero attached hydrogens (tertiary/aromatic N) is 3. The molecule has 1 N–H and O–H groups in total. The van der Waals surface area contributed by atoms with E-state index >= 15 is 0 Å². The van der Waals surface area contributed by atoms with Gasteiger partial charge in [-0.1, -0.05) is 18.2 Å². The van der Waals surface area contributed by atoms with Crippen molar-refractivity contribution < 1.29 is 22.3 Å². The number of halogens is 1. The summed E-state index contributed by atoms with van der Waals surface area (Å²) in [5, 5.41) is 3.60. The van der Waals surface area contributed by atoms with E-state index in [-0.39, 0.29) is 16.8 Å². The predicted octanol–water partition coefficient (Wildman–Crippen LogP) is 2.52. The van der Waals surface area contributed by atoms with Gasteiger partial charge in [-0.3, -0.25) is 0 Å². The Balaban J connectivity index is 1.93. The molecule has 0 amide bonds. The average molecular weight is 499 g/mol. The molecule has 0 aliphatic carbocycles. The zero-order valence-corrected chi connectivity index (χ0v) is 20.6. The molecule has 0 saturated carbocycles. The number of methoxy groups -OCH3 is 1. The van der Waals surface area contributed by atoms with E-state index in [1.54, 1.807) is 23.9 Å². The molecule has 0 radical (unpaired) electrons. The molecule has 0 spiro atoms. The highest BCUT2D eigenvalue weighted by Gasteiger charge is 2.28. The molecule has 3 rings (SSSR count). The standard InChI is InChI=1S/C22H31FN4O4S2/c1-3-24-21(32)26(10-12-30-2)14-18-13-25-22(27(18)15-19-8-6-11-31-19)33(28,29)16-17-7-4-5-9-20(17)23/h4-5,7,9,13,19H,3,6,8,10-12,14-16H2,1-2H3,(H,24,32). The van der Waals surface area contributed by atoms with E-state index in [2.05, 4.69) is 10.3 Å². The van der Waals surface area contributed by atoms with E-state index < -0.39 is 21.4 Å². The first-order chi connectivity index (χ1) is 15.9. The van der Waals surface area contributed by atoms with Gasteiger partial charge >= 0.3 is 0 Å². The fourth-order valence-electron chi connectivity index (χ4n) is 3.75. The molecule has 0 bridgehead atoms. The third-order valence-corrected chi connectivity index (χ3v) is 7.40. The number of ether oxygens (including phenoxy) is 2.